The Hall–Kier alpha value is -0.480. The summed E-state index contributed by atoms with van der Waals surface area (Å²) in [6.45, 7) is 1.19. The summed E-state index contributed by atoms with van der Waals surface area (Å²) in [5.74, 6) is 0. The molecule has 0 aliphatic carbocycles. The van der Waals surface area contributed by atoms with Crippen LogP contribution < -0.4 is 5.73 Å². The molecule has 1 aliphatic rings. The van der Waals surface area contributed by atoms with Crippen molar-refractivity contribution in [3.8, 4) is 0 Å². The molecule has 11 heavy (non-hydrogen) atoms. The standard InChI is InChI=1S/C6H12N2O2.ClH/c7-5-1-3-8(4-2-5)6(9)10;/h5H,1-4,7H2,(H,9,10);1H. The smallest absolute Gasteiger partial charge is 0.407 e. The van der Waals surface area contributed by atoms with Crippen LogP contribution in [0, 0.1) is 0 Å². The van der Waals surface area contributed by atoms with E-state index in [9.17, 15) is 4.79 Å². The lowest BCUT2D eigenvalue weighted by atomic mass is 10.1. The topological polar surface area (TPSA) is 66.6 Å². The molecular weight excluding hydrogens is 168 g/mol. The van der Waals surface area contributed by atoms with Crippen LogP contribution >= 0.6 is 12.4 Å². The first-order valence-corrected chi connectivity index (χ1v) is 3.43. The van der Waals surface area contributed by atoms with Gasteiger partial charge in [0.2, 0.25) is 0 Å². The van der Waals surface area contributed by atoms with Gasteiger partial charge in [-0.3, -0.25) is 0 Å². The second kappa shape index (κ2) is 4.41. The van der Waals surface area contributed by atoms with Crippen molar-refractivity contribution in [1.82, 2.24) is 4.90 Å². The van der Waals surface area contributed by atoms with Crippen LogP contribution in [0.1, 0.15) is 12.8 Å². The highest BCUT2D eigenvalue weighted by Gasteiger charge is 2.18. The van der Waals surface area contributed by atoms with Gasteiger partial charge in [-0.1, -0.05) is 0 Å². The maximum atomic E-state index is 10.3. The molecule has 0 atom stereocenters. The number of likely N-dealkylation sites (tertiary alicyclic amines) is 1. The Labute approximate surface area is 71.8 Å². The number of amides is 1. The molecule has 3 N–H and O–H groups in total. The number of carboxylic acid groups (broad SMARTS) is 1. The summed E-state index contributed by atoms with van der Waals surface area (Å²) in [7, 11) is 0. The van der Waals surface area contributed by atoms with Gasteiger partial charge in [0.1, 0.15) is 0 Å². The third-order valence-electron chi connectivity index (χ3n) is 1.81. The van der Waals surface area contributed by atoms with E-state index in [0.717, 1.165) is 12.8 Å². The zero-order valence-electron chi connectivity index (χ0n) is 6.19. The summed E-state index contributed by atoms with van der Waals surface area (Å²) < 4.78 is 0. The van der Waals surface area contributed by atoms with Crippen molar-refractivity contribution in [3.63, 3.8) is 0 Å². The summed E-state index contributed by atoms with van der Waals surface area (Å²) in [4.78, 5) is 11.8. The van der Waals surface area contributed by atoms with Crippen LogP contribution in [0.25, 0.3) is 0 Å². The van der Waals surface area contributed by atoms with Crippen molar-refractivity contribution < 1.29 is 9.90 Å². The average molecular weight is 181 g/mol. The Morgan fingerprint density at radius 3 is 2.27 bits per heavy atom. The fourth-order valence-corrected chi connectivity index (χ4v) is 1.09. The van der Waals surface area contributed by atoms with Gasteiger partial charge in [-0.05, 0) is 12.8 Å². The zero-order chi connectivity index (χ0) is 7.56. The molecule has 0 unspecified atom stereocenters. The van der Waals surface area contributed by atoms with Crippen LogP contribution in [0.2, 0.25) is 0 Å². The van der Waals surface area contributed by atoms with Crippen molar-refractivity contribution in [2.45, 2.75) is 18.9 Å². The van der Waals surface area contributed by atoms with Crippen molar-refractivity contribution >= 4 is 18.5 Å². The van der Waals surface area contributed by atoms with Gasteiger partial charge in [0.05, 0.1) is 0 Å². The second-order valence-electron chi connectivity index (χ2n) is 2.61. The molecule has 0 saturated carbocycles. The first-order valence-electron chi connectivity index (χ1n) is 3.43. The van der Waals surface area contributed by atoms with Gasteiger partial charge in [0.25, 0.3) is 0 Å². The minimum atomic E-state index is -0.827. The second-order valence-corrected chi connectivity index (χ2v) is 2.61. The largest absolute Gasteiger partial charge is 0.465 e. The number of halogens is 1. The number of nitrogens with zero attached hydrogens (tertiary/aromatic N) is 1. The summed E-state index contributed by atoms with van der Waals surface area (Å²) >= 11 is 0. The summed E-state index contributed by atoms with van der Waals surface area (Å²) in [5, 5.41) is 8.51. The lowest BCUT2D eigenvalue weighted by molar-refractivity contribution is 0.132. The molecule has 1 aliphatic heterocycles. The van der Waals surface area contributed by atoms with Gasteiger partial charge in [0, 0.05) is 19.1 Å². The SMILES string of the molecule is Cl.NC1CCN(C(=O)O)CC1. The van der Waals surface area contributed by atoms with Gasteiger partial charge in [-0.2, -0.15) is 0 Å². The minimum Gasteiger partial charge on any atom is -0.465 e. The van der Waals surface area contributed by atoms with Crippen molar-refractivity contribution in [3.05, 3.63) is 0 Å². The van der Waals surface area contributed by atoms with E-state index in [4.69, 9.17) is 10.8 Å². The molecule has 4 nitrogen and oxygen atoms in total. The summed E-state index contributed by atoms with van der Waals surface area (Å²) in [5.41, 5.74) is 5.58. The fraction of sp³-hybridized carbons (Fsp3) is 0.833. The van der Waals surface area contributed by atoms with Crippen molar-refractivity contribution in [2.24, 2.45) is 5.73 Å². The number of rotatable bonds is 0. The number of carbonyl (C=O) groups is 1. The Morgan fingerprint density at radius 2 is 1.91 bits per heavy atom. The molecule has 66 valence electrons. The van der Waals surface area contributed by atoms with Crippen LogP contribution in [-0.2, 0) is 0 Å². The number of piperidine rings is 1. The van der Waals surface area contributed by atoms with E-state index >= 15 is 0 Å². The van der Waals surface area contributed by atoms with Crippen molar-refractivity contribution in [2.75, 3.05) is 13.1 Å². The molecule has 0 spiro atoms. The molecule has 0 aromatic carbocycles. The van der Waals surface area contributed by atoms with E-state index < -0.39 is 6.09 Å². The lowest BCUT2D eigenvalue weighted by Gasteiger charge is -2.27. The lowest BCUT2D eigenvalue weighted by Crippen LogP contribution is -2.42. The van der Waals surface area contributed by atoms with E-state index in [2.05, 4.69) is 0 Å². The molecule has 0 aromatic heterocycles. The van der Waals surface area contributed by atoms with Gasteiger partial charge < -0.3 is 15.7 Å². The first-order chi connectivity index (χ1) is 4.70. The molecule has 1 fully saturated rings. The number of hydrogen-bond donors (Lipinski definition) is 2. The van der Waals surface area contributed by atoms with E-state index in [1.807, 2.05) is 0 Å². The Morgan fingerprint density at radius 1 is 1.45 bits per heavy atom. The number of hydrogen-bond acceptors (Lipinski definition) is 2. The zero-order valence-corrected chi connectivity index (χ0v) is 7.01. The first kappa shape index (κ1) is 10.5. The molecule has 1 heterocycles. The van der Waals surface area contributed by atoms with E-state index in [1.54, 1.807) is 0 Å². The third-order valence-corrected chi connectivity index (χ3v) is 1.81. The van der Waals surface area contributed by atoms with Crippen molar-refractivity contribution in [1.29, 1.82) is 0 Å². The van der Waals surface area contributed by atoms with Crippen LogP contribution in [0.15, 0.2) is 0 Å². The van der Waals surface area contributed by atoms with Gasteiger partial charge >= 0.3 is 6.09 Å². The molecule has 1 rings (SSSR count). The molecule has 1 amide bonds. The maximum absolute atomic E-state index is 10.3. The predicted octanol–water partition coefficient (Wildman–Crippen LogP) is 0.509. The van der Waals surface area contributed by atoms with E-state index in [-0.39, 0.29) is 18.4 Å². The normalized spacial score (nSPS) is 19.2. The van der Waals surface area contributed by atoms with Gasteiger partial charge in [-0.25, -0.2) is 4.79 Å². The predicted molar refractivity (Wildman–Crippen MR) is 44.1 cm³/mol. The van der Waals surface area contributed by atoms with Gasteiger partial charge in [-0.15, -0.1) is 12.4 Å². The summed E-state index contributed by atoms with van der Waals surface area (Å²) in [6, 6.07) is 0.204. The molecular formula is C6H13ClN2O2. The maximum Gasteiger partial charge on any atom is 0.407 e. The molecule has 0 radical (unpaired) electrons. The highest BCUT2D eigenvalue weighted by Crippen LogP contribution is 2.07. The van der Waals surface area contributed by atoms with Crippen LogP contribution in [-0.4, -0.2) is 35.2 Å². The monoisotopic (exact) mass is 180 g/mol. The molecule has 1 saturated heterocycles. The van der Waals surface area contributed by atoms with Crippen LogP contribution in [0.4, 0.5) is 4.79 Å². The molecule has 0 aromatic rings. The van der Waals surface area contributed by atoms with Gasteiger partial charge in [0.15, 0.2) is 0 Å². The van der Waals surface area contributed by atoms with Crippen LogP contribution in [0.3, 0.4) is 0 Å². The number of nitrogens with two attached hydrogens (primary N) is 1. The molecule has 0 bridgehead atoms. The Balaban J connectivity index is 0.000001000. The molecule has 5 heteroatoms. The Kier molecular flexibility index (Phi) is 4.22. The highest BCUT2D eigenvalue weighted by atomic mass is 35.5. The van der Waals surface area contributed by atoms with Crippen LogP contribution in [0.5, 0.6) is 0 Å². The van der Waals surface area contributed by atoms with E-state index in [0.29, 0.717) is 13.1 Å². The highest BCUT2D eigenvalue weighted by molar-refractivity contribution is 5.85. The third kappa shape index (κ3) is 2.95. The average Bonchev–Trinajstić information content (AvgIpc) is 1.88. The summed E-state index contributed by atoms with van der Waals surface area (Å²) in [6.07, 6.45) is 0.769. The quantitative estimate of drug-likeness (QED) is 0.571. The fourth-order valence-electron chi connectivity index (χ4n) is 1.09. The Bertz CT molecular complexity index is 135. The minimum absolute atomic E-state index is 0. The van der Waals surface area contributed by atoms with E-state index in [1.165, 1.54) is 4.90 Å².